The monoisotopic (exact) mass is 254 g/mol. The average molecular weight is 254 g/mol. The molecule has 0 aromatic carbocycles. The fraction of sp³-hybridized carbons (Fsp3) is 0.333. The van der Waals surface area contributed by atoms with E-state index in [0.717, 1.165) is 22.8 Å². The maximum atomic E-state index is 6.18. The van der Waals surface area contributed by atoms with Crippen molar-refractivity contribution in [3.63, 3.8) is 0 Å². The number of terminal acetylenes is 1. The molecule has 0 radical (unpaired) electrons. The first-order valence-corrected chi connectivity index (χ1v) is 6.27. The third-order valence-electron chi connectivity index (χ3n) is 2.99. The van der Waals surface area contributed by atoms with Crippen LogP contribution in [-0.2, 0) is 6.54 Å². The summed E-state index contributed by atoms with van der Waals surface area (Å²) in [6.45, 7) is 6.53. The van der Waals surface area contributed by atoms with Gasteiger partial charge in [-0.3, -0.25) is 4.98 Å². The molecule has 2 rings (SSSR count). The molecule has 2 aromatic rings. The standard InChI is InChI=1S/C15H18N4/c1-5-8-19-14(16)13(18-15(19)10(2)3)12-7-6-11(4)17-9-12/h1,6-7,9-10H,8,16H2,2-4H3. The molecular formula is C15H18N4. The Hall–Kier alpha value is -2.28. The summed E-state index contributed by atoms with van der Waals surface area (Å²) in [6.07, 6.45) is 7.19. The van der Waals surface area contributed by atoms with Crippen LogP contribution in [0, 0.1) is 19.3 Å². The molecule has 0 atom stereocenters. The van der Waals surface area contributed by atoms with Crippen molar-refractivity contribution < 1.29 is 0 Å². The third-order valence-corrected chi connectivity index (χ3v) is 2.99. The molecule has 0 fully saturated rings. The molecule has 0 unspecified atom stereocenters. The number of rotatable bonds is 3. The topological polar surface area (TPSA) is 56.7 Å². The first kappa shape index (κ1) is 13.2. The number of hydrogen-bond acceptors (Lipinski definition) is 3. The van der Waals surface area contributed by atoms with Crippen LogP contribution in [0.2, 0.25) is 0 Å². The van der Waals surface area contributed by atoms with Crippen LogP contribution in [-0.4, -0.2) is 14.5 Å². The summed E-state index contributed by atoms with van der Waals surface area (Å²) in [6, 6.07) is 3.93. The number of aryl methyl sites for hydroxylation is 1. The molecule has 0 spiro atoms. The van der Waals surface area contributed by atoms with Gasteiger partial charge < -0.3 is 10.3 Å². The summed E-state index contributed by atoms with van der Waals surface area (Å²) in [5.74, 6) is 4.40. The molecule has 4 heteroatoms. The van der Waals surface area contributed by atoms with E-state index >= 15 is 0 Å². The minimum absolute atomic E-state index is 0.266. The van der Waals surface area contributed by atoms with Gasteiger partial charge in [0.05, 0.1) is 6.54 Å². The molecule has 2 heterocycles. The molecular weight excluding hydrogens is 236 g/mol. The third kappa shape index (κ3) is 2.45. The quantitative estimate of drug-likeness (QED) is 0.856. The second-order valence-electron chi connectivity index (χ2n) is 4.84. The summed E-state index contributed by atoms with van der Waals surface area (Å²) >= 11 is 0. The van der Waals surface area contributed by atoms with E-state index in [2.05, 4.69) is 29.7 Å². The predicted molar refractivity (Wildman–Crippen MR) is 77.5 cm³/mol. The lowest BCUT2D eigenvalue weighted by Crippen LogP contribution is -2.07. The number of nitrogens with two attached hydrogens (primary N) is 1. The number of nitrogens with zero attached hydrogens (tertiary/aromatic N) is 3. The molecule has 2 N–H and O–H groups in total. The van der Waals surface area contributed by atoms with Crippen molar-refractivity contribution in [2.75, 3.05) is 5.73 Å². The van der Waals surface area contributed by atoms with Gasteiger partial charge in [-0.2, -0.15) is 0 Å². The van der Waals surface area contributed by atoms with Crippen LogP contribution < -0.4 is 5.73 Å². The summed E-state index contributed by atoms with van der Waals surface area (Å²) in [5, 5.41) is 0. The zero-order chi connectivity index (χ0) is 14.0. The van der Waals surface area contributed by atoms with Crippen molar-refractivity contribution in [2.24, 2.45) is 0 Å². The van der Waals surface area contributed by atoms with Crippen molar-refractivity contribution in [3.05, 3.63) is 29.8 Å². The molecule has 0 saturated heterocycles. The molecule has 0 aliphatic heterocycles. The highest BCUT2D eigenvalue weighted by Crippen LogP contribution is 2.28. The lowest BCUT2D eigenvalue weighted by atomic mass is 10.2. The first-order valence-electron chi connectivity index (χ1n) is 6.27. The molecule has 0 amide bonds. The van der Waals surface area contributed by atoms with Crippen LogP contribution in [0.25, 0.3) is 11.3 Å². The minimum atomic E-state index is 0.266. The SMILES string of the molecule is C#CCn1c(C(C)C)nc(-c2ccc(C)nc2)c1N. The van der Waals surface area contributed by atoms with Gasteiger partial charge in [0.15, 0.2) is 0 Å². The van der Waals surface area contributed by atoms with Gasteiger partial charge in [-0.25, -0.2) is 4.98 Å². The van der Waals surface area contributed by atoms with E-state index in [4.69, 9.17) is 12.2 Å². The van der Waals surface area contributed by atoms with Gasteiger partial charge >= 0.3 is 0 Å². The van der Waals surface area contributed by atoms with E-state index in [1.54, 1.807) is 6.20 Å². The highest BCUT2D eigenvalue weighted by Gasteiger charge is 2.17. The Morgan fingerprint density at radius 2 is 2.16 bits per heavy atom. The highest BCUT2D eigenvalue weighted by atomic mass is 15.1. The van der Waals surface area contributed by atoms with Gasteiger partial charge in [0, 0.05) is 23.4 Å². The average Bonchev–Trinajstić information content (AvgIpc) is 2.69. The van der Waals surface area contributed by atoms with Gasteiger partial charge in [-0.1, -0.05) is 19.8 Å². The van der Waals surface area contributed by atoms with E-state index in [0.29, 0.717) is 12.4 Å². The van der Waals surface area contributed by atoms with E-state index in [1.807, 2.05) is 23.6 Å². The lowest BCUT2D eigenvalue weighted by molar-refractivity contribution is 0.691. The zero-order valence-electron chi connectivity index (χ0n) is 11.5. The Morgan fingerprint density at radius 1 is 1.42 bits per heavy atom. The van der Waals surface area contributed by atoms with Gasteiger partial charge in [0.25, 0.3) is 0 Å². The molecule has 0 aliphatic rings. The van der Waals surface area contributed by atoms with E-state index < -0.39 is 0 Å². The predicted octanol–water partition coefficient (Wildman–Crippen LogP) is 2.59. The Labute approximate surface area is 113 Å². The van der Waals surface area contributed by atoms with Crippen LogP contribution >= 0.6 is 0 Å². The summed E-state index contributed by atoms with van der Waals surface area (Å²) in [4.78, 5) is 8.91. The second kappa shape index (κ2) is 5.15. The highest BCUT2D eigenvalue weighted by molar-refractivity contribution is 5.70. The molecule has 19 heavy (non-hydrogen) atoms. The number of aromatic nitrogens is 3. The van der Waals surface area contributed by atoms with Crippen molar-refractivity contribution in [2.45, 2.75) is 33.2 Å². The summed E-state index contributed by atoms with van der Waals surface area (Å²) in [5.41, 5.74) is 8.82. The van der Waals surface area contributed by atoms with Crippen molar-refractivity contribution in [3.8, 4) is 23.6 Å². The Kier molecular flexibility index (Phi) is 3.57. The van der Waals surface area contributed by atoms with Gasteiger partial charge in [-0.05, 0) is 19.1 Å². The zero-order valence-corrected chi connectivity index (χ0v) is 11.5. The minimum Gasteiger partial charge on any atom is -0.383 e. The van der Waals surface area contributed by atoms with Gasteiger partial charge in [0.1, 0.15) is 17.3 Å². The van der Waals surface area contributed by atoms with Crippen LogP contribution in [0.1, 0.15) is 31.3 Å². The Balaban J connectivity index is 2.56. The maximum Gasteiger partial charge on any atom is 0.132 e. The Bertz CT molecular complexity index is 615. The maximum absolute atomic E-state index is 6.18. The van der Waals surface area contributed by atoms with Gasteiger partial charge in [0.2, 0.25) is 0 Å². The normalized spacial score (nSPS) is 10.7. The van der Waals surface area contributed by atoms with Crippen LogP contribution in [0.5, 0.6) is 0 Å². The summed E-state index contributed by atoms with van der Waals surface area (Å²) in [7, 11) is 0. The molecule has 0 aliphatic carbocycles. The van der Waals surface area contributed by atoms with E-state index in [1.165, 1.54) is 0 Å². The number of pyridine rings is 1. The first-order chi connectivity index (χ1) is 9.04. The molecule has 98 valence electrons. The molecule has 0 bridgehead atoms. The van der Waals surface area contributed by atoms with Crippen molar-refractivity contribution in [1.29, 1.82) is 0 Å². The van der Waals surface area contributed by atoms with Crippen molar-refractivity contribution >= 4 is 5.82 Å². The van der Waals surface area contributed by atoms with Crippen LogP contribution in [0.4, 0.5) is 5.82 Å². The molecule has 2 aromatic heterocycles. The largest absolute Gasteiger partial charge is 0.383 e. The van der Waals surface area contributed by atoms with Crippen LogP contribution in [0.3, 0.4) is 0 Å². The smallest absolute Gasteiger partial charge is 0.132 e. The van der Waals surface area contributed by atoms with E-state index in [9.17, 15) is 0 Å². The fourth-order valence-corrected chi connectivity index (χ4v) is 2.00. The van der Waals surface area contributed by atoms with Crippen LogP contribution in [0.15, 0.2) is 18.3 Å². The van der Waals surface area contributed by atoms with Crippen molar-refractivity contribution in [1.82, 2.24) is 14.5 Å². The van der Waals surface area contributed by atoms with Gasteiger partial charge in [-0.15, -0.1) is 6.42 Å². The number of nitrogen functional groups attached to an aromatic ring is 1. The summed E-state index contributed by atoms with van der Waals surface area (Å²) < 4.78 is 1.89. The fourth-order valence-electron chi connectivity index (χ4n) is 2.00. The number of hydrogen-bond donors (Lipinski definition) is 1. The van der Waals surface area contributed by atoms with E-state index in [-0.39, 0.29) is 5.92 Å². The lowest BCUT2D eigenvalue weighted by Gasteiger charge is -2.08. The number of imidazole rings is 1. The number of anilines is 1. The second-order valence-corrected chi connectivity index (χ2v) is 4.84. The Morgan fingerprint density at radius 3 is 2.68 bits per heavy atom. The molecule has 0 saturated carbocycles. The molecule has 4 nitrogen and oxygen atoms in total.